The van der Waals surface area contributed by atoms with E-state index < -0.39 is 9.85 Å². The minimum absolute atomic E-state index is 0.00147. The average Bonchev–Trinajstić information content (AvgIpc) is 3.19. The third-order valence-corrected chi connectivity index (χ3v) is 9.97. The van der Waals surface area contributed by atoms with Crippen LogP contribution in [0.2, 0.25) is 0 Å². The molecule has 0 spiro atoms. The summed E-state index contributed by atoms with van der Waals surface area (Å²) >= 11 is 0. The van der Waals surface area contributed by atoms with Gasteiger partial charge in [0.2, 0.25) is 5.91 Å². The molecule has 0 N–H and O–H groups in total. The predicted molar refractivity (Wildman–Crippen MR) is 124 cm³/mol. The maximum atomic E-state index is 12.6. The van der Waals surface area contributed by atoms with Crippen LogP contribution in [0.25, 0.3) is 0 Å². The fraction of sp³-hybridized carbons (Fsp3) is 0.720. The normalized spacial score (nSPS) is 39.1. The molecule has 1 amide bonds. The highest BCUT2D eigenvalue weighted by Crippen LogP contribution is 2.65. The summed E-state index contributed by atoms with van der Waals surface area (Å²) in [5.41, 5.74) is -0.452. The Hall–Kier alpha value is -2.71. The van der Waals surface area contributed by atoms with Crippen molar-refractivity contribution in [3.8, 4) is 5.75 Å². The van der Waals surface area contributed by atoms with Gasteiger partial charge in [-0.2, -0.15) is 0 Å². The van der Waals surface area contributed by atoms with Crippen molar-refractivity contribution in [2.45, 2.75) is 77.4 Å². The van der Waals surface area contributed by atoms with Crippen molar-refractivity contribution in [2.24, 2.45) is 28.6 Å². The highest BCUT2D eigenvalue weighted by molar-refractivity contribution is 5.77. The minimum atomic E-state index is -0.632. The Kier molecular flexibility index (Phi) is 5.37. The Morgan fingerprint density at radius 3 is 2.53 bits per heavy atom. The fourth-order valence-corrected chi connectivity index (χ4v) is 8.20. The van der Waals surface area contributed by atoms with Crippen LogP contribution in [0.5, 0.6) is 5.75 Å². The van der Waals surface area contributed by atoms with Gasteiger partial charge in [0.05, 0.1) is 15.9 Å². The van der Waals surface area contributed by atoms with Crippen molar-refractivity contribution in [3.05, 3.63) is 38.4 Å². The Morgan fingerprint density at radius 2 is 1.82 bits per heavy atom. The summed E-state index contributed by atoms with van der Waals surface area (Å²) in [4.78, 5) is 36.2. The SMILES string of the molecule is CN1C(=O)CC[C@]2(C)[C@H]3CC[C@]4(C)CCC[C@H]4[C@@H]3[C@@H](Oc3ccc([N+](=O)[O-])cc3[N+](=O)[O-])C[C@@H]12. The molecule has 0 aromatic heterocycles. The number of carbonyl (C=O) groups excluding carboxylic acids is 1. The van der Waals surface area contributed by atoms with E-state index in [4.69, 9.17) is 4.74 Å². The van der Waals surface area contributed by atoms with E-state index >= 15 is 0 Å². The van der Waals surface area contributed by atoms with Crippen LogP contribution >= 0.6 is 0 Å². The Morgan fingerprint density at radius 1 is 1.06 bits per heavy atom. The summed E-state index contributed by atoms with van der Waals surface area (Å²) in [5.74, 6) is 1.33. The number of non-ortho nitro benzene ring substituents is 1. The van der Waals surface area contributed by atoms with Crippen molar-refractivity contribution in [2.75, 3.05) is 7.05 Å². The first kappa shape index (κ1) is 23.1. The molecule has 1 aromatic rings. The van der Waals surface area contributed by atoms with Gasteiger partial charge in [-0.15, -0.1) is 0 Å². The molecule has 3 aliphatic carbocycles. The molecule has 1 saturated heterocycles. The maximum absolute atomic E-state index is 12.6. The van der Waals surface area contributed by atoms with Gasteiger partial charge in [0.1, 0.15) is 6.10 Å². The summed E-state index contributed by atoms with van der Waals surface area (Å²) in [6.07, 6.45) is 7.55. The van der Waals surface area contributed by atoms with Crippen LogP contribution < -0.4 is 4.74 Å². The fourth-order valence-electron chi connectivity index (χ4n) is 8.20. The summed E-state index contributed by atoms with van der Waals surface area (Å²) in [7, 11) is 1.87. The molecule has 4 fully saturated rings. The second-order valence-electron chi connectivity index (χ2n) is 11.5. The van der Waals surface area contributed by atoms with Gasteiger partial charge in [-0.1, -0.05) is 20.3 Å². The molecular formula is C25H33N3O6. The van der Waals surface area contributed by atoms with Crippen molar-refractivity contribution in [1.29, 1.82) is 0 Å². The number of likely N-dealkylation sites (tertiary alicyclic amines) is 1. The van der Waals surface area contributed by atoms with Gasteiger partial charge in [-0.25, -0.2) is 0 Å². The highest BCUT2D eigenvalue weighted by atomic mass is 16.6. The van der Waals surface area contributed by atoms with Crippen LogP contribution in [-0.2, 0) is 4.79 Å². The zero-order valence-corrected chi connectivity index (χ0v) is 20.1. The molecule has 0 unspecified atom stereocenters. The molecule has 0 radical (unpaired) electrons. The molecule has 5 rings (SSSR count). The molecule has 3 saturated carbocycles. The monoisotopic (exact) mass is 471 g/mol. The largest absolute Gasteiger partial charge is 0.483 e. The molecule has 184 valence electrons. The molecule has 0 bridgehead atoms. The van der Waals surface area contributed by atoms with E-state index in [9.17, 15) is 25.0 Å². The maximum Gasteiger partial charge on any atom is 0.317 e. The number of nitrogens with zero attached hydrogens (tertiary/aromatic N) is 3. The molecule has 1 heterocycles. The predicted octanol–water partition coefficient (Wildman–Crippen LogP) is 5.11. The van der Waals surface area contributed by atoms with Crippen molar-refractivity contribution >= 4 is 17.3 Å². The highest BCUT2D eigenvalue weighted by Gasteiger charge is 2.62. The molecule has 7 atom stereocenters. The molecule has 34 heavy (non-hydrogen) atoms. The standard InChI is InChI=1S/C25H33N3O6/c1-24-10-4-5-16(24)23-17(8-11-24)25(2)12-9-22(29)26(3)21(25)14-20(23)34-19-7-6-15(27(30)31)13-18(19)28(32)33/h6-7,13,16-17,20-21,23H,4-5,8-12,14H2,1-3H3/t16-,17-,20-,21+,23-,24-,25+/m0/s1. The number of nitro groups is 2. The van der Waals surface area contributed by atoms with E-state index in [1.54, 1.807) is 0 Å². The zero-order valence-electron chi connectivity index (χ0n) is 20.1. The molecule has 1 aliphatic heterocycles. The van der Waals surface area contributed by atoms with Gasteiger partial charge >= 0.3 is 5.69 Å². The van der Waals surface area contributed by atoms with E-state index in [0.717, 1.165) is 25.3 Å². The van der Waals surface area contributed by atoms with Gasteiger partial charge in [0.15, 0.2) is 5.75 Å². The van der Waals surface area contributed by atoms with E-state index in [2.05, 4.69) is 13.8 Å². The number of benzene rings is 1. The van der Waals surface area contributed by atoms with Gasteiger partial charge in [-0.3, -0.25) is 25.0 Å². The lowest BCUT2D eigenvalue weighted by molar-refractivity contribution is -0.395. The third kappa shape index (κ3) is 3.38. The minimum Gasteiger partial charge on any atom is -0.483 e. The second kappa shape index (κ2) is 7.92. The zero-order chi connectivity index (χ0) is 24.4. The number of hydrogen-bond acceptors (Lipinski definition) is 6. The van der Waals surface area contributed by atoms with E-state index in [1.165, 1.54) is 31.4 Å². The first-order valence-corrected chi connectivity index (χ1v) is 12.4. The van der Waals surface area contributed by atoms with Gasteiger partial charge in [-0.05, 0) is 60.8 Å². The van der Waals surface area contributed by atoms with Crippen LogP contribution in [0.1, 0.15) is 65.2 Å². The lowest BCUT2D eigenvalue weighted by Gasteiger charge is -2.63. The average molecular weight is 472 g/mol. The van der Waals surface area contributed by atoms with Crippen molar-refractivity contribution in [3.63, 3.8) is 0 Å². The number of fused-ring (bicyclic) bond motifs is 5. The Balaban J connectivity index is 1.56. The topological polar surface area (TPSA) is 116 Å². The quantitative estimate of drug-likeness (QED) is 0.445. The summed E-state index contributed by atoms with van der Waals surface area (Å²) in [6.45, 7) is 4.72. The Bertz CT molecular complexity index is 1050. The number of amides is 1. The van der Waals surface area contributed by atoms with Crippen LogP contribution in [0.15, 0.2) is 18.2 Å². The number of carbonyl (C=O) groups is 1. The van der Waals surface area contributed by atoms with E-state index in [1.807, 2.05) is 11.9 Å². The van der Waals surface area contributed by atoms with Crippen LogP contribution in [0, 0.1) is 48.8 Å². The number of ether oxygens (including phenoxy) is 1. The molecule has 9 heteroatoms. The number of rotatable bonds is 4. The first-order chi connectivity index (χ1) is 16.0. The Labute approximate surface area is 199 Å². The van der Waals surface area contributed by atoms with E-state index in [-0.39, 0.29) is 51.9 Å². The van der Waals surface area contributed by atoms with Crippen LogP contribution in [0.3, 0.4) is 0 Å². The number of piperidine rings is 1. The summed E-state index contributed by atoms with van der Waals surface area (Å²) in [5, 5.41) is 23.0. The summed E-state index contributed by atoms with van der Waals surface area (Å²) in [6, 6.07) is 3.63. The molecular weight excluding hydrogens is 438 g/mol. The molecule has 9 nitrogen and oxygen atoms in total. The van der Waals surface area contributed by atoms with E-state index in [0.29, 0.717) is 24.7 Å². The van der Waals surface area contributed by atoms with Gasteiger partial charge in [0, 0.05) is 37.9 Å². The number of hydrogen-bond donors (Lipinski definition) is 0. The lowest BCUT2D eigenvalue weighted by Crippen LogP contribution is -2.65. The van der Waals surface area contributed by atoms with Crippen molar-refractivity contribution < 1.29 is 19.4 Å². The van der Waals surface area contributed by atoms with Crippen LogP contribution in [-0.4, -0.2) is 39.8 Å². The lowest BCUT2D eigenvalue weighted by atomic mass is 9.47. The smallest absolute Gasteiger partial charge is 0.317 e. The van der Waals surface area contributed by atoms with Crippen LogP contribution in [0.4, 0.5) is 11.4 Å². The molecule has 4 aliphatic rings. The summed E-state index contributed by atoms with van der Waals surface area (Å²) < 4.78 is 6.48. The van der Waals surface area contributed by atoms with Gasteiger partial charge < -0.3 is 9.64 Å². The molecule has 1 aromatic carbocycles. The number of nitro benzene ring substituents is 2. The second-order valence-corrected chi connectivity index (χ2v) is 11.5. The van der Waals surface area contributed by atoms with Crippen molar-refractivity contribution in [1.82, 2.24) is 4.90 Å². The first-order valence-electron chi connectivity index (χ1n) is 12.4. The van der Waals surface area contributed by atoms with Gasteiger partial charge in [0.25, 0.3) is 5.69 Å². The third-order valence-electron chi connectivity index (χ3n) is 9.97.